The van der Waals surface area contributed by atoms with E-state index >= 15 is 0 Å². The minimum atomic E-state index is 0.594. The Kier molecular flexibility index (Phi) is 6.71. The van der Waals surface area contributed by atoms with Crippen LogP contribution in [0.3, 0.4) is 0 Å². The number of hydrogen-bond donors (Lipinski definition) is 0. The van der Waals surface area contributed by atoms with Crippen LogP contribution < -0.4 is 4.90 Å². The Balaban J connectivity index is 3.09. The van der Waals surface area contributed by atoms with E-state index in [-0.39, 0.29) is 0 Å². The number of rotatable bonds is 7. The summed E-state index contributed by atoms with van der Waals surface area (Å²) in [6.07, 6.45) is 2.39. The van der Waals surface area contributed by atoms with E-state index in [4.69, 9.17) is 11.6 Å². The second kappa shape index (κ2) is 7.79. The molecule has 0 N–H and O–H groups in total. The van der Waals surface area contributed by atoms with E-state index in [1.165, 1.54) is 29.7 Å². The molecular formula is C17H28ClN. The van der Waals surface area contributed by atoms with Gasteiger partial charge in [0.2, 0.25) is 0 Å². The highest BCUT2D eigenvalue weighted by atomic mass is 35.5. The maximum Gasteiger partial charge on any atom is 0.0474 e. The first kappa shape index (κ1) is 16.4. The molecule has 0 aliphatic carbocycles. The van der Waals surface area contributed by atoms with Gasteiger partial charge in [-0.2, -0.15) is 0 Å². The van der Waals surface area contributed by atoms with Gasteiger partial charge >= 0.3 is 0 Å². The molecule has 0 heterocycles. The van der Waals surface area contributed by atoms with Crippen molar-refractivity contribution in [3.63, 3.8) is 0 Å². The molecule has 0 bridgehead atoms. The van der Waals surface area contributed by atoms with Crippen LogP contribution in [0.4, 0.5) is 5.69 Å². The van der Waals surface area contributed by atoms with E-state index in [1.54, 1.807) is 0 Å². The molecule has 1 aromatic carbocycles. The van der Waals surface area contributed by atoms with E-state index in [0.717, 1.165) is 6.54 Å². The summed E-state index contributed by atoms with van der Waals surface area (Å²) in [5.41, 5.74) is 3.92. The molecule has 19 heavy (non-hydrogen) atoms. The lowest BCUT2D eigenvalue weighted by Crippen LogP contribution is -2.37. The molecule has 0 saturated heterocycles. The first-order valence-corrected chi connectivity index (χ1v) is 7.99. The highest BCUT2D eigenvalue weighted by molar-refractivity contribution is 6.17. The molecule has 0 aliphatic heterocycles. The first-order valence-electron chi connectivity index (χ1n) is 7.45. The largest absolute Gasteiger partial charge is 0.368 e. The van der Waals surface area contributed by atoms with Crippen LogP contribution in [0.15, 0.2) is 18.2 Å². The number of alkyl halides is 1. The number of halogens is 1. The van der Waals surface area contributed by atoms with Gasteiger partial charge in [-0.25, -0.2) is 0 Å². The van der Waals surface area contributed by atoms with Crippen molar-refractivity contribution in [1.29, 1.82) is 0 Å². The Bertz CT molecular complexity index is 383. The monoisotopic (exact) mass is 281 g/mol. The average molecular weight is 282 g/mol. The van der Waals surface area contributed by atoms with Crippen molar-refractivity contribution in [3.8, 4) is 0 Å². The molecule has 0 radical (unpaired) electrons. The zero-order valence-corrected chi connectivity index (χ0v) is 13.8. The van der Waals surface area contributed by atoms with Crippen LogP contribution in [-0.4, -0.2) is 12.6 Å². The van der Waals surface area contributed by atoms with E-state index < -0.39 is 0 Å². The zero-order valence-electron chi connectivity index (χ0n) is 13.0. The number of aryl methyl sites for hydroxylation is 1. The molecule has 0 saturated carbocycles. The van der Waals surface area contributed by atoms with Gasteiger partial charge in [0.1, 0.15) is 0 Å². The topological polar surface area (TPSA) is 3.24 Å². The summed E-state index contributed by atoms with van der Waals surface area (Å²) in [5, 5.41) is 0. The minimum absolute atomic E-state index is 0.594. The van der Waals surface area contributed by atoms with Gasteiger partial charge in [0.25, 0.3) is 0 Å². The highest BCUT2D eigenvalue weighted by Crippen LogP contribution is 2.27. The fourth-order valence-corrected chi connectivity index (χ4v) is 2.86. The molecule has 0 aromatic heterocycles. The van der Waals surface area contributed by atoms with E-state index in [0.29, 0.717) is 17.8 Å². The van der Waals surface area contributed by atoms with Crippen molar-refractivity contribution in [2.45, 2.75) is 59.4 Å². The van der Waals surface area contributed by atoms with Gasteiger partial charge in [-0.15, -0.1) is 11.6 Å². The fraction of sp³-hybridized carbons (Fsp3) is 0.647. The lowest BCUT2D eigenvalue weighted by molar-refractivity contribution is 0.507. The molecule has 0 spiro atoms. The lowest BCUT2D eigenvalue weighted by Gasteiger charge is -2.35. The Labute approximate surface area is 124 Å². The van der Waals surface area contributed by atoms with Crippen LogP contribution in [-0.2, 0) is 5.88 Å². The predicted molar refractivity (Wildman–Crippen MR) is 87.3 cm³/mol. The Hall–Kier alpha value is -0.690. The summed E-state index contributed by atoms with van der Waals surface area (Å²) < 4.78 is 0. The molecule has 108 valence electrons. The third kappa shape index (κ3) is 4.42. The van der Waals surface area contributed by atoms with E-state index in [1.807, 2.05) is 0 Å². The predicted octanol–water partition coefficient (Wildman–Crippen LogP) is 5.38. The normalized spacial score (nSPS) is 11.4. The van der Waals surface area contributed by atoms with Crippen molar-refractivity contribution < 1.29 is 0 Å². The third-order valence-electron chi connectivity index (χ3n) is 3.67. The lowest BCUT2D eigenvalue weighted by atomic mass is 10.0. The number of nitrogens with zero attached hydrogens (tertiary/aromatic N) is 1. The summed E-state index contributed by atoms with van der Waals surface area (Å²) in [6.45, 7) is 12.5. The molecule has 1 rings (SSSR count). The smallest absolute Gasteiger partial charge is 0.0474 e. The second-order valence-electron chi connectivity index (χ2n) is 5.77. The SMILES string of the molecule is CCC(CC)N(CC(C)C)c1ccc(CCl)cc1C. The van der Waals surface area contributed by atoms with Crippen LogP contribution in [0, 0.1) is 12.8 Å². The van der Waals surface area contributed by atoms with Crippen molar-refractivity contribution in [3.05, 3.63) is 29.3 Å². The zero-order chi connectivity index (χ0) is 14.4. The van der Waals surface area contributed by atoms with Crippen LogP contribution >= 0.6 is 11.6 Å². The van der Waals surface area contributed by atoms with Gasteiger partial charge in [-0.1, -0.05) is 39.8 Å². The molecule has 0 atom stereocenters. The summed E-state index contributed by atoms with van der Waals surface area (Å²) in [6, 6.07) is 7.25. The van der Waals surface area contributed by atoms with Crippen molar-refractivity contribution in [2.24, 2.45) is 5.92 Å². The van der Waals surface area contributed by atoms with Gasteiger partial charge in [-0.05, 0) is 42.9 Å². The van der Waals surface area contributed by atoms with Crippen LogP contribution in [0.25, 0.3) is 0 Å². The number of anilines is 1. The Morgan fingerprint density at radius 2 is 1.79 bits per heavy atom. The minimum Gasteiger partial charge on any atom is -0.368 e. The fourth-order valence-electron chi connectivity index (χ4n) is 2.69. The van der Waals surface area contributed by atoms with E-state index in [2.05, 4.69) is 57.7 Å². The van der Waals surface area contributed by atoms with Gasteiger partial charge < -0.3 is 4.90 Å². The summed E-state index contributed by atoms with van der Waals surface area (Å²) in [7, 11) is 0. The van der Waals surface area contributed by atoms with Crippen molar-refractivity contribution in [2.75, 3.05) is 11.4 Å². The van der Waals surface area contributed by atoms with Crippen molar-refractivity contribution in [1.82, 2.24) is 0 Å². The van der Waals surface area contributed by atoms with Gasteiger partial charge in [0.05, 0.1) is 0 Å². The molecule has 0 aliphatic rings. The second-order valence-corrected chi connectivity index (χ2v) is 6.04. The van der Waals surface area contributed by atoms with Crippen LogP contribution in [0.5, 0.6) is 0 Å². The van der Waals surface area contributed by atoms with Crippen molar-refractivity contribution >= 4 is 17.3 Å². The molecule has 1 aromatic rings. The molecular weight excluding hydrogens is 254 g/mol. The average Bonchev–Trinajstić information content (AvgIpc) is 2.38. The Morgan fingerprint density at radius 1 is 1.16 bits per heavy atom. The maximum atomic E-state index is 5.92. The number of hydrogen-bond acceptors (Lipinski definition) is 1. The summed E-state index contributed by atoms with van der Waals surface area (Å²) >= 11 is 5.92. The summed E-state index contributed by atoms with van der Waals surface area (Å²) in [4.78, 5) is 2.58. The van der Waals surface area contributed by atoms with Gasteiger partial charge in [0, 0.05) is 24.2 Å². The molecule has 1 nitrogen and oxygen atoms in total. The van der Waals surface area contributed by atoms with E-state index in [9.17, 15) is 0 Å². The maximum absolute atomic E-state index is 5.92. The van der Waals surface area contributed by atoms with Crippen LogP contribution in [0.1, 0.15) is 51.7 Å². The van der Waals surface area contributed by atoms with Gasteiger partial charge in [-0.3, -0.25) is 0 Å². The van der Waals surface area contributed by atoms with Crippen LogP contribution in [0.2, 0.25) is 0 Å². The van der Waals surface area contributed by atoms with Gasteiger partial charge in [0.15, 0.2) is 0 Å². The molecule has 2 heteroatoms. The number of benzene rings is 1. The first-order chi connectivity index (χ1) is 9.03. The Morgan fingerprint density at radius 3 is 2.21 bits per heavy atom. The third-order valence-corrected chi connectivity index (χ3v) is 3.98. The molecule has 0 amide bonds. The molecule has 0 fully saturated rings. The molecule has 0 unspecified atom stereocenters. The summed E-state index contributed by atoms with van der Waals surface area (Å²) in [5.74, 6) is 1.27. The standard InChI is InChI=1S/C17H28ClN/c1-6-16(7-2)19(12-13(3)4)17-9-8-15(11-18)10-14(17)5/h8-10,13,16H,6-7,11-12H2,1-5H3. The quantitative estimate of drug-likeness (QED) is 0.606. The highest BCUT2D eigenvalue weighted by Gasteiger charge is 2.18.